The Morgan fingerprint density at radius 3 is 2.00 bits per heavy atom. The van der Waals surface area contributed by atoms with Crippen LogP contribution in [0.2, 0.25) is 0 Å². The van der Waals surface area contributed by atoms with E-state index in [9.17, 15) is 9.59 Å². The van der Waals surface area contributed by atoms with Crippen molar-refractivity contribution in [2.45, 2.75) is 66.2 Å². The SMILES string of the molecule is CC(C)NC(=O)OC[n+]1cccc(C(=O)Oc2c(C(C)C)cccc2C(C)C)c1.CS(=O)(=O)[O-]. The predicted molar refractivity (Wildman–Crippen MR) is 127 cm³/mol. The van der Waals surface area contributed by atoms with E-state index in [1.165, 1.54) is 0 Å². The Bertz CT molecular complexity index is 1050. The van der Waals surface area contributed by atoms with E-state index in [0.717, 1.165) is 11.1 Å². The lowest BCUT2D eigenvalue weighted by Crippen LogP contribution is -2.40. The number of pyridine rings is 1. The van der Waals surface area contributed by atoms with Crippen LogP contribution < -0.4 is 14.6 Å². The molecule has 0 bridgehead atoms. The van der Waals surface area contributed by atoms with E-state index in [1.54, 1.807) is 29.1 Å². The van der Waals surface area contributed by atoms with Crippen molar-refractivity contribution in [2.24, 2.45) is 0 Å². The molecule has 0 saturated carbocycles. The molecular formula is C24H34N2O7S. The second kappa shape index (κ2) is 13.0. The van der Waals surface area contributed by atoms with Crippen LogP contribution in [0, 0.1) is 0 Å². The van der Waals surface area contributed by atoms with E-state index >= 15 is 0 Å². The molecule has 0 radical (unpaired) electrons. The number of alkyl carbamates (subject to hydrolysis) is 1. The van der Waals surface area contributed by atoms with Crippen molar-refractivity contribution in [3.8, 4) is 5.75 Å². The van der Waals surface area contributed by atoms with Crippen LogP contribution in [0.15, 0.2) is 42.7 Å². The molecule has 0 fully saturated rings. The third-order valence-electron chi connectivity index (χ3n) is 4.36. The van der Waals surface area contributed by atoms with E-state index in [-0.39, 0.29) is 24.6 Å². The van der Waals surface area contributed by atoms with Crippen molar-refractivity contribution in [2.75, 3.05) is 6.26 Å². The van der Waals surface area contributed by atoms with Crippen molar-refractivity contribution in [1.29, 1.82) is 0 Å². The highest BCUT2D eigenvalue weighted by molar-refractivity contribution is 7.84. The number of nitrogens with one attached hydrogen (secondary N) is 1. The van der Waals surface area contributed by atoms with Crippen LogP contribution in [0.25, 0.3) is 0 Å². The number of para-hydroxylation sites is 1. The molecule has 0 spiro atoms. The summed E-state index contributed by atoms with van der Waals surface area (Å²) in [7, 11) is -3.92. The zero-order valence-corrected chi connectivity index (χ0v) is 21.5. The van der Waals surface area contributed by atoms with Gasteiger partial charge in [-0.3, -0.25) is 0 Å². The lowest BCUT2D eigenvalue weighted by atomic mass is 9.94. The van der Waals surface area contributed by atoms with Gasteiger partial charge in [-0.15, -0.1) is 0 Å². The summed E-state index contributed by atoms with van der Waals surface area (Å²) < 4.78 is 39.8. The number of benzene rings is 1. The molecule has 0 aliphatic carbocycles. The fourth-order valence-corrected chi connectivity index (χ4v) is 2.89. The summed E-state index contributed by atoms with van der Waals surface area (Å²) in [5.41, 5.74) is 2.39. The topological polar surface area (TPSA) is 126 Å². The Hall–Kier alpha value is -2.98. The van der Waals surface area contributed by atoms with E-state index in [1.807, 2.05) is 32.0 Å². The van der Waals surface area contributed by atoms with Gasteiger partial charge in [0.05, 0.1) is 10.1 Å². The molecule has 1 aromatic heterocycles. The molecule has 9 nitrogen and oxygen atoms in total. The number of carbonyl (C=O) groups excluding carboxylic acids is 2. The van der Waals surface area contributed by atoms with Gasteiger partial charge in [-0.2, -0.15) is 4.57 Å². The van der Waals surface area contributed by atoms with Crippen LogP contribution in [0.4, 0.5) is 4.79 Å². The normalized spacial score (nSPS) is 11.1. The molecule has 2 rings (SSSR count). The van der Waals surface area contributed by atoms with Crippen molar-refractivity contribution >= 4 is 22.2 Å². The lowest BCUT2D eigenvalue weighted by molar-refractivity contribution is -0.727. The van der Waals surface area contributed by atoms with Gasteiger partial charge >= 0.3 is 12.1 Å². The summed E-state index contributed by atoms with van der Waals surface area (Å²) in [5, 5.41) is 2.65. The molecule has 0 aliphatic rings. The Balaban J connectivity index is 0.00000104. The van der Waals surface area contributed by atoms with Crippen LogP contribution in [-0.4, -0.2) is 37.3 Å². The third-order valence-corrected chi connectivity index (χ3v) is 4.36. The summed E-state index contributed by atoms with van der Waals surface area (Å²) >= 11 is 0. The van der Waals surface area contributed by atoms with Crippen molar-refractivity contribution in [3.05, 3.63) is 59.4 Å². The number of ether oxygens (including phenoxy) is 2. The summed E-state index contributed by atoms with van der Waals surface area (Å²) in [6, 6.07) is 9.37. The van der Waals surface area contributed by atoms with Gasteiger partial charge in [-0.05, 0) is 42.9 Å². The summed E-state index contributed by atoms with van der Waals surface area (Å²) in [6.07, 6.45) is 3.43. The minimum Gasteiger partial charge on any atom is -0.748 e. The first-order chi connectivity index (χ1) is 15.7. The summed E-state index contributed by atoms with van der Waals surface area (Å²) in [6.45, 7) is 12.0. The van der Waals surface area contributed by atoms with Crippen LogP contribution in [0.5, 0.6) is 5.75 Å². The number of aromatic nitrogens is 1. The van der Waals surface area contributed by atoms with E-state index in [0.29, 0.717) is 17.6 Å². The molecule has 1 aromatic carbocycles. The average Bonchev–Trinajstić information content (AvgIpc) is 2.70. The quantitative estimate of drug-likeness (QED) is 0.269. The molecule has 0 unspecified atom stereocenters. The average molecular weight is 495 g/mol. The number of hydrogen-bond donors (Lipinski definition) is 1. The Morgan fingerprint density at radius 2 is 1.53 bits per heavy atom. The van der Waals surface area contributed by atoms with Crippen molar-refractivity contribution < 1.29 is 36.6 Å². The maximum atomic E-state index is 12.8. The van der Waals surface area contributed by atoms with Crippen LogP contribution in [0.1, 0.15) is 74.9 Å². The maximum absolute atomic E-state index is 12.8. The van der Waals surface area contributed by atoms with Gasteiger partial charge in [0, 0.05) is 18.4 Å². The predicted octanol–water partition coefficient (Wildman–Crippen LogP) is 3.69. The lowest BCUT2D eigenvalue weighted by Gasteiger charge is -2.18. The van der Waals surface area contributed by atoms with Gasteiger partial charge in [-0.25, -0.2) is 18.0 Å². The number of carbonyl (C=O) groups is 2. The highest BCUT2D eigenvalue weighted by atomic mass is 32.2. The fourth-order valence-electron chi connectivity index (χ4n) is 2.89. The molecule has 2 aromatic rings. The van der Waals surface area contributed by atoms with Gasteiger partial charge < -0.3 is 19.3 Å². The molecule has 0 atom stereocenters. The highest BCUT2D eigenvalue weighted by Crippen LogP contribution is 2.34. The largest absolute Gasteiger partial charge is 0.748 e. The van der Waals surface area contributed by atoms with Gasteiger partial charge in [0.25, 0.3) is 6.73 Å². The van der Waals surface area contributed by atoms with Crippen LogP contribution >= 0.6 is 0 Å². The van der Waals surface area contributed by atoms with Gasteiger partial charge in [0.2, 0.25) is 0 Å². The molecule has 1 amide bonds. The smallest absolute Gasteiger partial charge is 0.412 e. The van der Waals surface area contributed by atoms with E-state index in [2.05, 4.69) is 33.0 Å². The second-order valence-electron chi connectivity index (χ2n) is 8.64. The first-order valence-electron chi connectivity index (χ1n) is 10.9. The number of nitrogens with zero attached hydrogens (tertiary/aromatic N) is 1. The minimum absolute atomic E-state index is 0.000498. The monoisotopic (exact) mass is 494 g/mol. The molecule has 10 heteroatoms. The molecule has 0 aliphatic heterocycles. The number of esters is 1. The number of amides is 1. The second-order valence-corrected chi connectivity index (χ2v) is 10.0. The molecule has 34 heavy (non-hydrogen) atoms. The maximum Gasteiger partial charge on any atom is 0.412 e. The molecule has 1 N–H and O–H groups in total. The van der Waals surface area contributed by atoms with Crippen molar-refractivity contribution in [3.63, 3.8) is 0 Å². The molecule has 1 heterocycles. The highest BCUT2D eigenvalue weighted by Gasteiger charge is 2.20. The fraction of sp³-hybridized carbons (Fsp3) is 0.458. The zero-order chi connectivity index (χ0) is 26.1. The van der Waals surface area contributed by atoms with Crippen LogP contribution in [-0.2, 0) is 21.6 Å². The Labute approximate surface area is 201 Å². The first-order valence-corrected chi connectivity index (χ1v) is 12.7. The summed E-state index contributed by atoms with van der Waals surface area (Å²) in [4.78, 5) is 24.5. The zero-order valence-electron chi connectivity index (χ0n) is 20.7. The van der Waals surface area contributed by atoms with E-state index < -0.39 is 22.2 Å². The Morgan fingerprint density at radius 1 is 1.00 bits per heavy atom. The standard InChI is InChI=1S/C23H30N2O4.CH4O3S/c1-15(2)19-10-7-11-20(16(3)4)21(19)29-22(26)18-9-8-12-25(13-18)14-28-23(27)24-17(5)6;1-5(2,3)4/h7-13,15-17H,14H2,1-6H3;1H3,(H,2,3,4). The molecule has 0 saturated heterocycles. The molecular weight excluding hydrogens is 460 g/mol. The van der Waals surface area contributed by atoms with Crippen LogP contribution in [0.3, 0.4) is 0 Å². The van der Waals surface area contributed by atoms with E-state index in [4.69, 9.17) is 22.4 Å². The number of rotatable bonds is 7. The minimum atomic E-state index is -3.92. The molecule has 188 valence electrons. The number of hydrogen-bond acceptors (Lipinski definition) is 7. The van der Waals surface area contributed by atoms with Gasteiger partial charge in [-0.1, -0.05) is 45.9 Å². The third kappa shape index (κ3) is 10.8. The van der Waals surface area contributed by atoms with Gasteiger partial charge in [0.15, 0.2) is 12.4 Å². The van der Waals surface area contributed by atoms with Crippen molar-refractivity contribution in [1.82, 2.24) is 5.32 Å². The van der Waals surface area contributed by atoms with Gasteiger partial charge in [0.1, 0.15) is 11.3 Å². The Kier molecular flexibility index (Phi) is 11.1. The first kappa shape index (κ1) is 29.1. The summed E-state index contributed by atoms with van der Waals surface area (Å²) in [5.74, 6) is 0.640.